The lowest BCUT2D eigenvalue weighted by atomic mass is 9.77. The van der Waals surface area contributed by atoms with Gasteiger partial charge in [-0.1, -0.05) is 30.3 Å². The van der Waals surface area contributed by atoms with Crippen LogP contribution in [0.2, 0.25) is 0 Å². The van der Waals surface area contributed by atoms with Gasteiger partial charge in [0.05, 0.1) is 5.54 Å². The fraction of sp³-hybridized carbons (Fsp3) is 0.316. The molecule has 2 saturated heterocycles. The zero-order valence-electron chi connectivity index (χ0n) is 14.2. The van der Waals surface area contributed by atoms with Crippen LogP contribution < -0.4 is 11.1 Å². The van der Waals surface area contributed by atoms with Gasteiger partial charge in [0.2, 0.25) is 5.91 Å². The number of hydrogen-bond donors (Lipinski definition) is 2. The molecule has 4 rings (SSSR count). The number of amides is 2. The van der Waals surface area contributed by atoms with E-state index >= 15 is 0 Å². The van der Waals surface area contributed by atoms with Crippen molar-refractivity contribution in [1.82, 2.24) is 15.2 Å². The number of carbonyl (C=O) groups is 2. The Labute approximate surface area is 151 Å². The van der Waals surface area contributed by atoms with Gasteiger partial charge in [0.15, 0.2) is 0 Å². The number of hydrogen-bond acceptors (Lipinski definition) is 5. The standard InChI is InChI=1S/C19H20N4O3/c20-14-6-8-21-15(10-14)18(25)23-9-7-19(13-4-2-1-3-5-13)16(11-23)26-12-17(24)22-19/h1-6,8,10,16H,7,9,11-12H2,(H2,20,21)(H,22,24)/t16-,19+/m1/s1. The first-order valence-corrected chi connectivity index (χ1v) is 8.57. The number of ether oxygens (including phenoxy) is 1. The Morgan fingerprint density at radius 2 is 2.12 bits per heavy atom. The van der Waals surface area contributed by atoms with Gasteiger partial charge in [-0.2, -0.15) is 0 Å². The minimum Gasteiger partial charge on any atom is -0.399 e. The van der Waals surface area contributed by atoms with Crippen molar-refractivity contribution in [3.63, 3.8) is 0 Å². The summed E-state index contributed by atoms with van der Waals surface area (Å²) in [5.74, 6) is -0.318. The van der Waals surface area contributed by atoms with Gasteiger partial charge in [-0.3, -0.25) is 14.6 Å². The Morgan fingerprint density at radius 3 is 2.88 bits per heavy atom. The topological polar surface area (TPSA) is 97.5 Å². The molecule has 2 amide bonds. The van der Waals surface area contributed by atoms with Crippen molar-refractivity contribution in [2.24, 2.45) is 0 Å². The molecule has 0 spiro atoms. The molecule has 7 nitrogen and oxygen atoms in total. The quantitative estimate of drug-likeness (QED) is 0.838. The van der Waals surface area contributed by atoms with Gasteiger partial charge >= 0.3 is 0 Å². The number of carbonyl (C=O) groups excluding carboxylic acids is 2. The summed E-state index contributed by atoms with van der Waals surface area (Å²) in [7, 11) is 0. The van der Waals surface area contributed by atoms with Crippen molar-refractivity contribution in [3.8, 4) is 0 Å². The van der Waals surface area contributed by atoms with Gasteiger partial charge in [-0.15, -0.1) is 0 Å². The fourth-order valence-corrected chi connectivity index (χ4v) is 3.77. The van der Waals surface area contributed by atoms with E-state index < -0.39 is 5.54 Å². The highest BCUT2D eigenvalue weighted by Gasteiger charge is 2.49. The van der Waals surface area contributed by atoms with Crippen molar-refractivity contribution in [2.45, 2.75) is 18.1 Å². The number of nitrogens with zero attached hydrogens (tertiary/aromatic N) is 2. The maximum atomic E-state index is 12.8. The third-order valence-corrected chi connectivity index (χ3v) is 5.07. The Kier molecular flexibility index (Phi) is 4.08. The highest BCUT2D eigenvalue weighted by Crippen LogP contribution is 2.37. The lowest BCUT2D eigenvalue weighted by Gasteiger charge is -2.50. The second-order valence-corrected chi connectivity index (χ2v) is 6.66. The highest BCUT2D eigenvalue weighted by molar-refractivity contribution is 5.93. The van der Waals surface area contributed by atoms with Crippen molar-refractivity contribution in [1.29, 1.82) is 0 Å². The van der Waals surface area contributed by atoms with Crippen LogP contribution in [0, 0.1) is 0 Å². The minimum absolute atomic E-state index is 0.00217. The summed E-state index contributed by atoms with van der Waals surface area (Å²) >= 11 is 0. The lowest BCUT2D eigenvalue weighted by molar-refractivity contribution is -0.150. The van der Waals surface area contributed by atoms with E-state index in [2.05, 4.69) is 10.3 Å². The first-order chi connectivity index (χ1) is 12.6. The van der Waals surface area contributed by atoms with E-state index in [4.69, 9.17) is 10.5 Å². The predicted octanol–water partition coefficient (Wildman–Crippen LogP) is 0.920. The zero-order valence-corrected chi connectivity index (χ0v) is 14.2. The van der Waals surface area contributed by atoms with E-state index in [1.807, 2.05) is 30.3 Å². The average Bonchev–Trinajstić information content (AvgIpc) is 2.67. The van der Waals surface area contributed by atoms with Crippen molar-refractivity contribution >= 4 is 17.5 Å². The average molecular weight is 352 g/mol. The van der Waals surface area contributed by atoms with Gasteiger partial charge in [-0.05, 0) is 24.1 Å². The summed E-state index contributed by atoms with van der Waals surface area (Å²) in [6, 6.07) is 13.0. The summed E-state index contributed by atoms with van der Waals surface area (Å²) < 4.78 is 5.84. The summed E-state index contributed by atoms with van der Waals surface area (Å²) in [6.07, 6.45) is 1.78. The number of pyridine rings is 1. The number of anilines is 1. The molecule has 2 aliphatic rings. The number of likely N-dealkylation sites (tertiary alicyclic amines) is 1. The van der Waals surface area contributed by atoms with E-state index in [0.29, 0.717) is 30.9 Å². The molecule has 26 heavy (non-hydrogen) atoms. The Bertz CT molecular complexity index is 842. The Balaban J connectivity index is 1.61. The van der Waals surface area contributed by atoms with Crippen LogP contribution in [-0.2, 0) is 15.1 Å². The molecule has 0 unspecified atom stereocenters. The number of piperidine rings is 1. The van der Waals surface area contributed by atoms with Crippen LogP contribution in [-0.4, -0.2) is 47.5 Å². The number of nitrogen functional groups attached to an aromatic ring is 1. The summed E-state index contributed by atoms with van der Waals surface area (Å²) in [4.78, 5) is 30.7. The molecule has 2 aliphatic heterocycles. The van der Waals surface area contributed by atoms with Crippen molar-refractivity contribution in [2.75, 3.05) is 25.4 Å². The van der Waals surface area contributed by atoms with Gasteiger partial charge in [0.1, 0.15) is 18.4 Å². The summed E-state index contributed by atoms with van der Waals surface area (Å²) in [5, 5.41) is 3.12. The lowest BCUT2D eigenvalue weighted by Crippen LogP contribution is -2.67. The highest BCUT2D eigenvalue weighted by atomic mass is 16.5. The van der Waals surface area contributed by atoms with Crippen molar-refractivity contribution in [3.05, 3.63) is 59.9 Å². The number of nitrogens with two attached hydrogens (primary N) is 1. The molecule has 3 N–H and O–H groups in total. The van der Waals surface area contributed by atoms with E-state index in [-0.39, 0.29) is 24.5 Å². The third-order valence-electron chi connectivity index (χ3n) is 5.07. The number of morpholine rings is 1. The smallest absolute Gasteiger partial charge is 0.272 e. The molecule has 3 heterocycles. The number of nitrogens with one attached hydrogen (secondary N) is 1. The normalized spacial score (nSPS) is 25.3. The van der Waals surface area contributed by atoms with Crippen LogP contribution in [0.5, 0.6) is 0 Å². The first kappa shape index (κ1) is 16.5. The van der Waals surface area contributed by atoms with E-state index in [0.717, 1.165) is 5.56 Å². The number of benzene rings is 1. The van der Waals surface area contributed by atoms with E-state index in [9.17, 15) is 9.59 Å². The maximum Gasteiger partial charge on any atom is 0.272 e. The van der Waals surface area contributed by atoms with Gasteiger partial charge in [-0.25, -0.2) is 0 Å². The molecule has 0 aliphatic carbocycles. The largest absolute Gasteiger partial charge is 0.399 e. The Hall–Kier alpha value is -2.93. The summed E-state index contributed by atoms with van der Waals surface area (Å²) in [6.45, 7) is 0.868. The second kappa shape index (κ2) is 6.42. The number of fused-ring (bicyclic) bond motifs is 1. The fourth-order valence-electron chi connectivity index (χ4n) is 3.77. The molecule has 134 valence electrons. The molecule has 2 fully saturated rings. The van der Waals surface area contributed by atoms with Crippen LogP contribution >= 0.6 is 0 Å². The van der Waals surface area contributed by atoms with Gasteiger partial charge in [0, 0.05) is 25.0 Å². The Morgan fingerprint density at radius 1 is 1.31 bits per heavy atom. The molecule has 2 atom stereocenters. The van der Waals surface area contributed by atoms with E-state index in [1.165, 1.54) is 6.20 Å². The molecular formula is C19H20N4O3. The van der Waals surface area contributed by atoms with Crippen molar-refractivity contribution < 1.29 is 14.3 Å². The number of aromatic nitrogens is 1. The predicted molar refractivity (Wildman–Crippen MR) is 95.2 cm³/mol. The molecule has 2 aromatic rings. The molecular weight excluding hydrogens is 332 g/mol. The van der Waals surface area contributed by atoms with Crippen LogP contribution in [0.25, 0.3) is 0 Å². The third kappa shape index (κ3) is 2.80. The molecule has 0 saturated carbocycles. The monoisotopic (exact) mass is 352 g/mol. The van der Waals surface area contributed by atoms with E-state index in [1.54, 1.807) is 17.0 Å². The van der Waals surface area contributed by atoms with Crippen LogP contribution in [0.4, 0.5) is 5.69 Å². The van der Waals surface area contributed by atoms with Crippen LogP contribution in [0.3, 0.4) is 0 Å². The minimum atomic E-state index is -0.615. The molecule has 0 radical (unpaired) electrons. The van der Waals surface area contributed by atoms with Gasteiger partial charge in [0.25, 0.3) is 5.91 Å². The molecule has 7 heteroatoms. The first-order valence-electron chi connectivity index (χ1n) is 8.57. The molecule has 0 bridgehead atoms. The van der Waals surface area contributed by atoms with Crippen LogP contribution in [0.1, 0.15) is 22.5 Å². The SMILES string of the molecule is Nc1ccnc(C(=O)N2CC[C@@]3(c4ccccc4)NC(=O)CO[C@@H]3C2)c1. The maximum absolute atomic E-state index is 12.8. The van der Waals surface area contributed by atoms with Crippen LogP contribution in [0.15, 0.2) is 48.7 Å². The number of rotatable bonds is 2. The zero-order chi connectivity index (χ0) is 18.1. The summed E-state index contributed by atoms with van der Waals surface area (Å²) in [5.41, 5.74) is 6.96. The molecule has 1 aromatic heterocycles. The second-order valence-electron chi connectivity index (χ2n) is 6.66. The van der Waals surface area contributed by atoms with Gasteiger partial charge < -0.3 is 20.7 Å². The molecule has 1 aromatic carbocycles.